The van der Waals surface area contributed by atoms with Gasteiger partial charge in [-0.3, -0.25) is 4.79 Å². The molecule has 0 bridgehead atoms. The standard InChI is InChI=1S/C17H19ClO4/c1-2-3-16(19)21-14-8-4-12(5-9-14)17(20)22-15-10-6-13(18)7-11-15/h2-3,6-7,10-12,14H,4-5,8-9H2,1H3/b3-2+. The van der Waals surface area contributed by atoms with Crippen LogP contribution in [0.4, 0.5) is 0 Å². The molecular weight excluding hydrogens is 304 g/mol. The summed E-state index contributed by atoms with van der Waals surface area (Å²) in [4.78, 5) is 23.5. The van der Waals surface area contributed by atoms with E-state index in [-0.39, 0.29) is 24.0 Å². The number of hydrogen-bond donors (Lipinski definition) is 0. The molecule has 0 unspecified atom stereocenters. The zero-order valence-corrected chi connectivity index (χ0v) is 13.2. The molecular formula is C17H19ClO4. The molecule has 22 heavy (non-hydrogen) atoms. The third-order valence-corrected chi connectivity index (χ3v) is 3.88. The first-order valence-corrected chi connectivity index (χ1v) is 7.77. The van der Waals surface area contributed by atoms with E-state index in [0.717, 1.165) is 0 Å². The average molecular weight is 323 g/mol. The van der Waals surface area contributed by atoms with Crippen molar-refractivity contribution in [3.8, 4) is 5.75 Å². The summed E-state index contributed by atoms with van der Waals surface area (Å²) in [6.07, 6.45) is 5.65. The first-order valence-electron chi connectivity index (χ1n) is 7.39. The van der Waals surface area contributed by atoms with Gasteiger partial charge >= 0.3 is 11.9 Å². The Morgan fingerprint density at radius 2 is 1.77 bits per heavy atom. The summed E-state index contributed by atoms with van der Waals surface area (Å²) in [5.74, 6) is -0.210. The van der Waals surface area contributed by atoms with Gasteiger partial charge in [-0.1, -0.05) is 17.7 Å². The van der Waals surface area contributed by atoms with Gasteiger partial charge in [0, 0.05) is 11.1 Å². The highest BCUT2D eigenvalue weighted by atomic mass is 35.5. The minimum Gasteiger partial charge on any atom is -0.459 e. The van der Waals surface area contributed by atoms with Gasteiger partial charge in [0.15, 0.2) is 0 Å². The van der Waals surface area contributed by atoms with Gasteiger partial charge in [-0.25, -0.2) is 4.79 Å². The summed E-state index contributed by atoms with van der Waals surface area (Å²) in [6, 6.07) is 6.71. The average Bonchev–Trinajstić information content (AvgIpc) is 2.50. The summed E-state index contributed by atoms with van der Waals surface area (Å²) >= 11 is 5.79. The number of carbonyl (C=O) groups excluding carboxylic acids is 2. The fraction of sp³-hybridized carbons (Fsp3) is 0.412. The van der Waals surface area contributed by atoms with Crippen molar-refractivity contribution >= 4 is 23.5 Å². The van der Waals surface area contributed by atoms with Gasteiger partial charge in [0.05, 0.1) is 5.92 Å². The van der Waals surface area contributed by atoms with Gasteiger partial charge < -0.3 is 9.47 Å². The minimum atomic E-state index is -0.324. The summed E-state index contributed by atoms with van der Waals surface area (Å²) in [7, 11) is 0. The maximum absolute atomic E-state index is 12.1. The second-order valence-electron chi connectivity index (χ2n) is 5.29. The van der Waals surface area contributed by atoms with Gasteiger partial charge in [-0.05, 0) is 56.9 Å². The Morgan fingerprint density at radius 3 is 2.36 bits per heavy atom. The Balaban J connectivity index is 1.79. The van der Waals surface area contributed by atoms with E-state index in [0.29, 0.717) is 36.5 Å². The molecule has 0 atom stereocenters. The molecule has 1 aliphatic rings. The van der Waals surface area contributed by atoms with Crippen LogP contribution in [0.15, 0.2) is 36.4 Å². The first-order chi connectivity index (χ1) is 10.6. The molecule has 1 aromatic carbocycles. The lowest BCUT2D eigenvalue weighted by Crippen LogP contribution is -2.29. The normalized spacial score (nSPS) is 21.5. The quantitative estimate of drug-likeness (QED) is 0.479. The summed E-state index contributed by atoms with van der Waals surface area (Å²) in [6.45, 7) is 1.77. The second-order valence-corrected chi connectivity index (χ2v) is 5.72. The third-order valence-electron chi connectivity index (χ3n) is 3.63. The fourth-order valence-corrected chi connectivity index (χ4v) is 2.58. The van der Waals surface area contributed by atoms with Crippen LogP contribution in [-0.2, 0) is 14.3 Å². The molecule has 2 rings (SSSR count). The largest absolute Gasteiger partial charge is 0.459 e. The molecule has 0 amide bonds. The number of allylic oxidation sites excluding steroid dienone is 1. The van der Waals surface area contributed by atoms with Crippen LogP contribution in [0, 0.1) is 5.92 Å². The van der Waals surface area contributed by atoms with E-state index in [1.807, 2.05) is 0 Å². The van der Waals surface area contributed by atoms with Crippen molar-refractivity contribution in [2.45, 2.75) is 38.7 Å². The molecule has 0 spiro atoms. The summed E-state index contributed by atoms with van der Waals surface area (Å²) in [5, 5.41) is 0.600. The number of benzene rings is 1. The van der Waals surface area contributed by atoms with E-state index >= 15 is 0 Å². The fourth-order valence-electron chi connectivity index (χ4n) is 2.46. The van der Waals surface area contributed by atoms with E-state index in [4.69, 9.17) is 21.1 Å². The molecule has 0 aliphatic heterocycles. The molecule has 1 fully saturated rings. The van der Waals surface area contributed by atoms with Gasteiger partial charge in [0.25, 0.3) is 0 Å². The van der Waals surface area contributed by atoms with Gasteiger partial charge in [-0.2, -0.15) is 0 Å². The maximum Gasteiger partial charge on any atom is 0.330 e. The van der Waals surface area contributed by atoms with Crippen LogP contribution in [-0.4, -0.2) is 18.0 Å². The van der Waals surface area contributed by atoms with Gasteiger partial charge in [0.1, 0.15) is 11.9 Å². The van der Waals surface area contributed by atoms with Gasteiger partial charge in [-0.15, -0.1) is 0 Å². The molecule has 0 saturated heterocycles. The Morgan fingerprint density at radius 1 is 1.14 bits per heavy atom. The first kappa shape index (κ1) is 16.6. The molecule has 1 aromatic rings. The topological polar surface area (TPSA) is 52.6 Å². The van der Waals surface area contributed by atoms with Crippen LogP contribution in [0.3, 0.4) is 0 Å². The Hall–Kier alpha value is -1.81. The molecule has 0 radical (unpaired) electrons. The monoisotopic (exact) mass is 322 g/mol. The predicted molar refractivity (Wildman–Crippen MR) is 83.7 cm³/mol. The zero-order valence-electron chi connectivity index (χ0n) is 12.5. The SMILES string of the molecule is C/C=C/C(=O)OC1CCC(C(=O)Oc2ccc(Cl)cc2)CC1. The maximum atomic E-state index is 12.1. The molecule has 1 saturated carbocycles. The Labute approximate surface area is 135 Å². The van der Waals surface area contributed by atoms with Crippen molar-refractivity contribution in [3.05, 3.63) is 41.4 Å². The third kappa shape index (κ3) is 4.88. The van der Waals surface area contributed by atoms with Crippen molar-refractivity contribution < 1.29 is 19.1 Å². The molecule has 118 valence electrons. The zero-order chi connectivity index (χ0) is 15.9. The lowest BCUT2D eigenvalue weighted by atomic mass is 9.87. The molecule has 0 N–H and O–H groups in total. The minimum absolute atomic E-state index is 0.108. The van der Waals surface area contributed by atoms with E-state index < -0.39 is 0 Å². The molecule has 1 aliphatic carbocycles. The second kappa shape index (κ2) is 7.99. The van der Waals surface area contributed by atoms with Crippen molar-refractivity contribution in [2.75, 3.05) is 0 Å². The summed E-state index contributed by atoms with van der Waals surface area (Å²) < 4.78 is 10.6. The van der Waals surface area contributed by atoms with Crippen LogP contribution in [0.25, 0.3) is 0 Å². The Kier molecular flexibility index (Phi) is 6.01. The van der Waals surface area contributed by atoms with E-state index in [1.165, 1.54) is 6.08 Å². The number of ether oxygens (including phenoxy) is 2. The highest BCUT2D eigenvalue weighted by Crippen LogP contribution is 2.28. The lowest BCUT2D eigenvalue weighted by molar-refractivity contribution is -0.147. The summed E-state index contributed by atoms with van der Waals surface area (Å²) in [5.41, 5.74) is 0. The number of hydrogen-bond acceptors (Lipinski definition) is 4. The van der Waals surface area contributed by atoms with E-state index in [9.17, 15) is 9.59 Å². The van der Waals surface area contributed by atoms with Crippen LogP contribution in [0.1, 0.15) is 32.6 Å². The Bertz CT molecular complexity index is 542. The van der Waals surface area contributed by atoms with E-state index in [2.05, 4.69) is 0 Å². The van der Waals surface area contributed by atoms with Crippen LogP contribution in [0.5, 0.6) is 5.75 Å². The number of esters is 2. The molecule has 4 nitrogen and oxygen atoms in total. The molecule has 5 heteroatoms. The predicted octanol–water partition coefficient (Wildman–Crippen LogP) is 3.92. The van der Waals surface area contributed by atoms with Crippen LogP contribution < -0.4 is 4.74 Å². The van der Waals surface area contributed by atoms with E-state index in [1.54, 1.807) is 37.3 Å². The van der Waals surface area contributed by atoms with Crippen molar-refractivity contribution in [3.63, 3.8) is 0 Å². The highest BCUT2D eigenvalue weighted by molar-refractivity contribution is 6.30. The number of rotatable bonds is 4. The highest BCUT2D eigenvalue weighted by Gasteiger charge is 2.29. The lowest BCUT2D eigenvalue weighted by Gasteiger charge is -2.26. The van der Waals surface area contributed by atoms with Gasteiger partial charge in [0.2, 0.25) is 0 Å². The van der Waals surface area contributed by atoms with Crippen molar-refractivity contribution in [2.24, 2.45) is 5.92 Å². The smallest absolute Gasteiger partial charge is 0.330 e. The number of carbonyl (C=O) groups is 2. The molecule has 0 heterocycles. The van der Waals surface area contributed by atoms with Crippen LogP contribution >= 0.6 is 11.6 Å². The number of halogens is 1. The molecule has 0 aromatic heterocycles. The van der Waals surface area contributed by atoms with Crippen molar-refractivity contribution in [1.82, 2.24) is 0 Å². The van der Waals surface area contributed by atoms with Crippen LogP contribution in [0.2, 0.25) is 5.02 Å². The van der Waals surface area contributed by atoms with Crippen molar-refractivity contribution in [1.29, 1.82) is 0 Å².